The number of methoxy groups -OCH3 is 1. The Balaban J connectivity index is 2.42. The quantitative estimate of drug-likeness (QED) is 0.534. The van der Waals surface area contributed by atoms with E-state index < -0.39 is 38.8 Å². The van der Waals surface area contributed by atoms with E-state index in [2.05, 4.69) is 0 Å². The number of ether oxygens (including phenoxy) is 2. The molecule has 0 aromatic rings. The minimum absolute atomic E-state index is 0.0167. The predicted octanol–water partition coefficient (Wildman–Crippen LogP) is 0.214. The van der Waals surface area contributed by atoms with Crippen LogP contribution in [0.4, 0.5) is 0 Å². The maximum absolute atomic E-state index is 12.3. The summed E-state index contributed by atoms with van der Waals surface area (Å²) >= 11 is 0. The zero-order chi connectivity index (χ0) is 16.2. The molecule has 1 fully saturated rings. The Bertz CT molecular complexity index is 628. The molecule has 0 aromatic carbocycles. The zero-order valence-corrected chi connectivity index (χ0v) is 13.5. The van der Waals surface area contributed by atoms with Gasteiger partial charge >= 0.3 is 5.97 Å². The van der Waals surface area contributed by atoms with Gasteiger partial charge in [0.1, 0.15) is 11.3 Å². The molecule has 118 valence electrons. The van der Waals surface area contributed by atoms with Crippen LogP contribution in [0.5, 0.6) is 0 Å². The lowest BCUT2D eigenvalue weighted by molar-refractivity contribution is -0.167. The van der Waals surface area contributed by atoms with Crippen LogP contribution in [-0.4, -0.2) is 55.1 Å². The number of hydrogen-bond donors (Lipinski definition) is 0. The molecule has 2 aliphatic heterocycles. The van der Waals surface area contributed by atoms with Crippen molar-refractivity contribution in [3.05, 3.63) is 11.3 Å². The Kier molecular flexibility index (Phi) is 3.66. The predicted molar refractivity (Wildman–Crippen MR) is 73.8 cm³/mol. The molecule has 0 aromatic heterocycles. The first kappa shape index (κ1) is 16.0. The fourth-order valence-corrected chi connectivity index (χ4v) is 4.55. The molecule has 0 N–H and O–H groups in total. The van der Waals surface area contributed by atoms with Crippen LogP contribution in [0, 0.1) is 0 Å². The summed E-state index contributed by atoms with van der Waals surface area (Å²) in [6.07, 6.45) is -1.06. The van der Waals surface area contributed by atoms with E-state index in [1.165, 1.54) is 14.0 Å². The number of carbonyl (C=O) groups excluding carboxylic acids is 2. The Morgan fingerprint density at radius 2 is 1.90 bits per heavy atom. The molecule has 21 heavy (non-hydrogen) atoms. The molecule has 1 saturated heterocycles. The number of esters is 1. The first-order valence-electron chi connectivity index (χ1n) is 6.50. The fourth-order valence-electron chi connectivity index (χ4n) is 2.50. The molecule has 1 amide bonds. The SMILES string of the molecule is CO[C@H]1C(=O)N2C(C(=O)OC(C)(C)C)=C(C)CS(=O)(=O)C12. The largest absolute Gasteiger partial charge is 0.455 e. The Morgan fingerprint density at radius 3 is 2.38 bits per heavy atom. The third-order valence-electron chi connectivity index (χ3n) is 3.27. The molecule has 2 aliphatic rings. The van der Waals surface area contributed by atoms with Crippen molar-refractivity contribution in [1.29, 1.82) is 0 Å². The normalized spacial score (nSPS) is 28.0. The summed E-state index contributed by atoms with van der Waals surface area (Å²) in [7, 11) is -2.29. The minimum Gasteiger partial charge on any atom is -0.455 e. The van der Waals surface area contributed by atoms with Crippen LogP contribution in [0.25, 0.3) is 0 Å². The van der Waals surface area contributed by atoms with Gasteiger partial charge in [0, 0.05) is 7.11 Å². The Morgan fingerprint density at radius 1 is 1.33 bits per heavy atom. The van der Waals surface area contributed by atoms with E-state index in [1.807, 2.05) is 0 Å². The second kappa shape index (κ2) is 4.81. The maximum Gasteiger partial charge on any atom is 0.355 e. The van der Waals surface area contributed by atoms with Gasteiger partial charge in [-0.3, -0.25) is 9.69 Å². The maximum atomic E-state index is 12.3. The minimum atomic E-state index is -3.56. The topological polar surface area (TPSA) is 90.0 Å². The highest BCUT2D eigenvalue weighted by atomic mass is 32.2. The van der Waals surface area contributed by atoms with E-state index in [0.29, 0.717) is 5.57 Å². The highest BCUT2D eigenvalue weighted by molar-refractivity contribution is 7.92. The van der Waals surface area contributed by atoms with Crippen LogP contribution in [0.15, 0.2) is 11.3 Å². The van der Waals surface area contributed by atoms with Gasteiger partial charge in [0.15, 0.2) is 21.3 Å². The van der Waals surface area contributed by atoms with Crippen molar-refractivity contribution in [3.63, 3.8) is 0 Å². The third-order valence-corrected chi connectivity index (χ3v) is 5.30. The average Bonchev–Trinajstić information content (AvgIpc) is 2.27. The standard InChI is InChI=1S/C13H19NO6S/c1-7-6-21(17,18)11-9(19-5)10(15)14(11)8(7)12(16)20-13(2,3)4/h9,11H,6H2,1-5H3/t9-,11?/m0/s1. The van der Waals surface area contributed by atoms with Crippen LogP contribution < -0.4 is 0 Å². The van der Waals surface area contributed by atoms with Gasteiger partial charge in [-0.15, -0.1) is 0 Å². The third kappa shape index (κ3) is 2.57. The van der Waals surface area contributed by atoms with E-state index in [1.54, 1.807) is 20.8 Å². The highest BCUT2D eigenvalue weighted by Crippen LogP contribution is 2.38. The van der Waals surface area contributed by atoms with Crippen molar-refractivity contribution in [3.8, 4) is 0 Å². The van der Waals surface area contributed by atoms with Crippen molar-refractivity contribution in [2.24, 2.45) is 0 Å². The average molecular weight is 317 g/mol. The van der Waals surface area contributed by atoms with Crippen LogP contribution >= 0.6 is 0 Å². The molecule has 0 bridgehead atoms. The molecule has 0 saturated carbocycles. The summed E-state index contributed by atoms with van der Waals surface area (Å²) in [6.45, 7) is 6.62. The van der Waals surface area contributed by atoms with Crippen LogP contribution in [0.3, 0.4) is 0 Å². The lowest BCUT2D eigenvalue weighted by atomic mass is 10.1. The molecule has 2 atom stereocenters. The van der Waals surface area contributed by atoms with Crippen molar-refractivity contribution in [2.45, 2.75) is 44.8 Å². The Labute approximate surface area is 123 Å². The van der Waals surface area contributed by atoms with Gasteiger partial charge < -0.3 is 9.47 Å². The number of β-lactam (4-membered cyclic amide) rings is 1. The van der Waals surface area contributed by atoms with Crippen molar-refractivity contribution >= 4 is 21.7 Å². The molecule has 8 heteroatoms. The summed E-state index contributed by atoms with van der Waals surface area (Å²) in [5.41, 5.74) is -0.406. The molecule has 0 radical (unpaired) electrons. The highest BCUT2D eigenvalue weighted by Gasteiger charge is 2.60. The van der Waals surface area contributed by atoms with Crippen LogP contribution in [-0.2, 0) is 28.9 Å². The van der Waals surface area contributed by atoms with Gasteiger partial charge in [-0.2, -0.15) is 0 Å². The summed E-state index contributed by atoms with van der Waals surface area (Å²) < 4.78 is 34.5. The first-order chi connectivity index (χ1) is 9.49. The molecule has 1 unspecified atom stereocenters. The lowest BCUT2D eigenvalue weighted by Gasteiger charge is -2.48. The summed E-state index contributed by atoms with van der Waals surface area (Å²) in [5.74, 6) is -1.51. The van der Waals surface area contributed by atoms with Gasteiger partial charge in [-0.1, -0.05) is 0 Å². The number of nitrogens with zero attached hydrogens (tertiary/aromatic N) is 1. The molecular formula is C13H19NO6S. The Hall–Kier alpha value is -1.41. The number of fused-ring (bicyclic) bond motifs is 1. The van der Waals surface area contributed by atoms with Gasteiger partial charge in [0.25, 0.3) is 5.91 Å². The molecule has 0 spiro atoms. The van der Waals surface area contributed by atoms with Crippen molar-refractivity contribution in [2.75, 3.05) is 12.9 Å². The van der Waals surface area contributed by atoms with Gasteiger partial charge in [0.05, 0.1) is 5.75 Å². The van der Waals surface area contributed by atoms with Gasteiger partial charge in [-0.25, -0.2) is 13.2 Å². The summed E-state index contributed by atoms with van der Waals surface area (Å²) in [6, 6.07) is 0. The first-order valence-corrected chi connectivity index (χ1v) is 8.21. The van der Waals surface area contributed by atoms with E-state index in [4.69, 9.17) is 9.47 Å². The van der Waals surface area contributed by atoms with Gasteiger partial charge in [0.2, 0.25) is 0 Å². The second-order valence-electron chi connectivity index (χ2n) is 6.19. The van der Waals surface area contributed by atoms with Crippen molar-refractivity contribution in [1.82, 2.24) is 4.90 Å². The second-order valence-corrected chi connectivity index (χ2v) is 8.29. The monoisotopic (exact) mass is 317 g/mol. The van der Waals surface area contributed by atoms with Crippen LogP contribution in [0.1, 0.15) is 27.7 Å². The number of carbonyl (C=O) groups is 2. The van der Waals surface area contributed by atoms with Crippen molar-refractivity contribution < 1.29 is 27.5 Å². The van der Waals surface area contributed by atoms with Gasteiger partial charge in [-0.05, 0) is 33.3 Å². The fraction of sp³-hybridized carbons (Fsp3) is 0.692. The summed E-state index contributed by atoms with van der Waals surface area (Å²) in [5, 5.41) is -1.14. The van der Waals surface area contributed by atoms with Crippen LogP contribution in [0.2, 0.25) is 0 Å². The molecule has 2 heterocycles. The van der Waals surface area contributed by atoms with E-state index in [-0.39, 0.29) is 11.4 Å². The zero-order valence-electron chi connectivity index (χ0n) is 12.7. The smallest absolute Gasteiger partial charge is 0.355 e. The molecule has 0 aliphatic carbocycles. The van der Waals surface area contributed by atoms with E-state index in [9.17, 15) is 18.0 Å². The molecule has 2 rings (SSSR count). The molecule has 7 nitrogen and oxygen atoms in total. The van der Waals surface area contributed by atoms with E-state index in [0.717, 1.165) is 4.90 Å². The summed E-state index contributed by atoms with van der Waals surface area (Å²) in [4.78, 5) is 25.3. The number of rotatable bonds is 2. The van der Waals surface area contributed by atoms with E-state index >= 15 is 0 Å². The number of hydrogen-bond acceptors (Lipinski definition) is 6. The number of sulfone groups is 1. The molecular weight excluding hydrogens is 298 g/mol. The number of amides is 1. The lowest BCUT2D eigenvalue weighted by Crippen LogP contribution is -2.70.